The molecule has 2 aliphatic heterocycles. The maximum absolute atomic E-state index is 7.79. The highest BCUT2D eigenvalue weighted by Gasteiger charge is 2.49. The minimum absolute atomic E-state index is 0.00118. The summed E-state index contributed by atoms with van der Waals surface area (Å²) in [6, 6.07) is 53.0. The first-order valence-corrected chi connectivity index (χ1v) is 29.8. The SMILES string of the molecule is CC(C)c1ccc(N(c2ccc(C(C)C)cc2)c2cc3c4c(c2)N(c2ccc5c(c2)C(C)(C)CCC5(C)C)c2c(oc5cc6c(cc25)C(C)(C)CCC6(C)C)B4c2cc(C(C)(C)C)ccc2N3c2ccc(C(C)(C)C)cc2)cc1. The zero-order chi connectivity index (χ0) is 56.3. The lowest BCUT2D eigenvalue weighted by Gasteiger charge is -2.45. The summed E-state index contributed by atoms with van der Waals surface area (Å²) in [6.07, 6.45) is 4.57. The van der Waals surface area contributed by atoms with Crippen LogP contribution in [0.15, 0.2) is 138 Å². The van der Waals surface area contributed by atoms with Crippen LogP contribution in [0, 0.1) is 0 Å². The van der Waals surface area contributed by atoms with Crippen molar-refractivity contribution < 1.29 is 4.42 Å². The average Bonchev–Trinajstić information content (AvgIpc) is 4.07. The van der Waals surface area contributed by atoms with Crippen LogP contribution in [0.2, 0.25) is 0 Å². The van der Waals surface area contributed by atoms with E-state index in [2.05, 4.69) is 273 Å². The van der Waals surface area contributed by atoms with Crippen LogP contribution in [0.3, 0.4) is 0 Å². The molecular formula is C74H86BN3O. The highest BCUT2D eigenvalue weighted by atomic mass is 16.3. The Kier molecular flexibility index (Phi) is 12.1. The highest BCUT2D eigenvalue weighted by Crippen LogP contribution is 2.55. The first-order valence-electron chi connectivity index (χ1n) is 29.8. The standard InChI is InChI=1S/C74H86BN3O/c1-45(2)47-19-26-51(27-20-47)76(52-28-21-48(22-29-52)46(3)4)55-41-63-66-64(42-55)78(54-32-33-57-58(40-54)72(13,14)36-35-71(57,11)12)67-56-43-59-60(74(17,18)38-37-73(59,15)16)44-65(56)79-68(67)75(66)61-39-50(70(8,9)10)25-34-62(61)77(63)53-30-23-49(24-31-53)69(5,6)7/h19-34,39-46H,35-38H2,1-18H3. The molecule has 0 bridgehead atoms. The Balaban J connectivity index is 1.25. The molecule has 0 saturated carbocycles. The van der Waals surface area contributed by atoms with Crippen LogP contribution in [0.1, 0.15) is 207 Å². The molecule has 0 saturated heterocycles. The number of nitrogens with zero attached hydrogens (tertiary/aromatic N) is 3. The summed E-state index contributed by atoms with van der Waals surface area (Å²) in [5, 5.41) is 1.19. The lowest BCUT2D eigenvalue weighted by atomic mass is 9.35. The Labute approximate surface area is 474 Å². The second-order valence-electron chi connectivity index (χ2n) is 29.6. The van der Waals surface area contributed by atoms with Gasteiger partial charge in [0.05, 0.1) is 17.0 Å². The van der Waals surface area contributed by atoms with Gasteiger partial charge in [-0.3, -0.25) is 0 Å². The molecule has 0 spiro atoms. The van der Waals surface area contributed by atoms with E-state index >= 15 is 0 Å². The Morgan fingerprint density at radius 2 is 0.924 bits per heavy atom. The van der Waals surface area contributed by atoms with E-state index in [-0.39, 0.29) is 39.2 Å². The van der Waals surface area contributed by atoms with E-state index in [0.717, 1.165) is 71.1 Å². The van der Waals surface area contributed by atoms with Gasteiger partial charge in [-0.2, -0.15) is 0 Å². The van der Waals surface area contributed by atoms with Crippen molar-refractivity contribution in [3.8, 4) is 0 Å². The van der Waals surface area contributed by atoms with Crippen molar-refractivity contribution >= 4 is 85.5 Å². The first kappa shape index (κ1) is 53.2. The Morgan fingerprint density at radius 1 is 0.456 bits per heavy atom. The largest absolute Gasteiger partial charge is 0.468 e. The molecule has 0 atom stereocenters. The van der Waals surface area contributed by atoms with Crippen molar-refractivity contribution in [3.05, 3.63) is 178 Å². The normalized spacial score (nSPS) is 17.6. The van der Waals surface area contributed by atoms with Gasteiger partial charge in [0.15, 0.2) is 0 Å². The maximum Gasteiger partial charge on any atom is 0.297 e. The minimum atomic E-state index is -0.199. The molecule has 3 heterocycles. The van der Waals surface area contributed by atoms with Gasteiger partial charge in [-0.25, -0.2) is 0 Å². The molecule has 0 fully saturated rings. The van der Waals surface area contributed by atoms with E-state index in [4.69, 9.17) is 4.42 Å². The van der Waals surface area contributed by atoms with Gasteiger partial charge >= 0.3 is 0 Å². The third-order valence-electron chi connectivity index (χ3n) is 19.5. The molecule has 79 heavy (non-hydrogen) atoms. The smallest absolute Gasteiger partial charge is 0.297 e. The second-order valence-corrected chi connectivity index (χ2v) is 29.6. The van der Waals surface area contributed by atoms with Crippen LogP contribution in [-0.4, -0.2) is 6.71 Å². The van der Waals surface area contributed by atoms with Gasteiger partial charge in [-0.05, 0) is 204 Å². The second kappa shape index (κ2) is 18.0. The summed E-state index contributed by atoms with van der Waals surface area (Å²) in [5.74, 6) is 0.828. The third-order valence-corrected chi connectivity index (χ3v) is 19.5. The van der Waals surface area contributed by atoms with Crippen LogP contribution in [0.25, 0.3) is 11.0 Å². The summed E-state index contributed by atoms with van der Waals surface area (Å²) >= 11 is 0. The predicted molar refractivity (Wildman–Crippen MR) is 341 cm³/mol. The van der Waals surface area contributed by atoms with E-state index in [1.807, 2.05) is 0 Å². The number of hydrogen-bond donors (Lipinski definition) is 0. The van der Waals surface area contributed by atoms with Crippen molar-refractivity contribution in [2.24, 2.45) is 0 Å². The molecule has 7 aromatic carbocycles. The summed E-state index contributed by atoms with van der Waals surface area (Å²) in [4.78, 5) is 7.76. The van der Waals surface area contributed by atoms with Gasteiger partial charge in [0.2, 0.25) is 0 Å². The zero-order valence-electron chi connectivity index (χ0n) is 51.0. The molecule has 0 unspecified atom stereocenters. The molecule has 406 valence electrons. The molecule has 0 N–H and O–H groups in total. The molecule has 12 rings (SSSR count). The van der Waals surface area contributed by atoms with Crippen LogP contribution >= 0.6 is 0 Å². The van der Waals surface area contributed by atoms with E-state index in [9.17, 15) is 0 Å². The number of anilines is 9. The zero-order valence-corrected chi connectivity index (χ0v) is 51.0. The van der Waals surface area contributed by atoms with Crippen molar-refractivity contribution in [3.63, 3.8) is 0 Å². The first-order chi connectivity index (χ1) is 37.0. The maximum atomic E-state index is 7.79. The fraction of sp³-hybridized carbons (Fsp3) is 0.405. The Bertz CT molecular complexity index is 3650. The quantitative estimate of drug-likeness (QED) is 0.148. The van der Waals surface area contributed by atoms with Gasteiger partial charge in [-0.15, -0.1) is 0 Å². The van der Waals surface area contributed by atoms with Crippen molar-refractivity contribution in [2.45, 2.75) is 195 Å². The molecule has 5 heteroatoms. The van der Waals surface area contributed by atoms with E-state index in [0.29, 0.717) is 11.8 Å². The third kappa shape index (κ3) is 8.69. The lowest BCUT2D eigenvalue weighted by Crippen LogP contribution is -2.61. The van der Waals surface area contributed by atoms with Crippen molar-refractivity contribution in [1.82, 2.24) is 0 Å². The molecule has 4 nitrogen and oxygen atoms in total. The van der Waals surface area contributed by atoms with Crippen LogP contribution in [0.5, 0.6) is 0 Å². The van der Waals surface area contributed by atoms with E-state index in [1.165, 1.54) is 77.9 Å². The molecular weight excluding hydrogens is 958 g/mol. The molecule has 0 amide bonds. The van der Waals surface area contributed by atoms with Gasteiger partial charge in [0.25, 0.3) is 6.71 Å². The number of rotatable bonds is 7. The van der Waals surface area contributed by atoms with Crippen LogP contribution in [0.4, 0.5) is 51.2 Å². The Hall–Kier alpha value is -6.46. The number of fused-ring (bicyclic) bond motifs is 8. The number of furan rings is 1. The summed E-state index contributed by atoms with van der Waals surface area (Å²) in [6.45, 7) is 42.6. The lowest BCUT2D eigenvalue weighted by molar-refractivity contribution is 0.332. The number of hydrogen-bond acceptors (Lipinski definition) is 4. The molecule has 2 aliphatic carbocycles. The Morgan fingerprint density at radius 3 is 1.44 bits per heavy atom. The monoisotopic (exact) mass is 1040 g/mol. The summed E-state index contributed by atoms with van der Waals surface area (Å²) in [7, 11) is 0. The fourth-order valence-electron chi connectivity index (χ4n) is 14.0. The van der Waals surface area contributed by atoms with Gasteiger partial charge in [0.1, 0.15) is 5.58 Å². The fourth-order valence-corrected chi connectivity index (χ4v) is 14.0. The molecule has 8 aromatic rings. The van der Waals surface area contributed by atoms with Crippen LogP contribution < -0.4 is 31.3 Å². The van der Waals surface area contributed by atoms with Gasteiger partial charge < -0.3 is 19.1 Å². The van der Waals surface area contributed by atoms with Crippen LogP contribution in [-0.2, 0) is 32.5 Å². The van der Waals surface area contributed by atoms with Gasteiger partial charge in [-0.1, -0.05) is 179 Å². The number of benzene rings is 7. The molecule has 0 radical (unpaired) electrons. The van der Waals surface area contributed by atoms with E-state index < -0.39 is 0 Å². The summed E-state index contributed by atoms with van der Waals surface area (Å²) < 4.78 is 7.79. The summed E-state index contributed by atoms with van der Waals surface area (Å²) in [5.41, 5.74) is 25.9. The highest BCUT2D eigenvalue weighted by molar-refractivity contribution is 7.00. The predicted octanol–water partition coefficient (Wildman–Crippen LogP) is 19.5. The molecule has 4 aliphatic rings. The topological polar surface area (TPSA) is 22.9 Å². The molecule has 1 aromatic heterocycles. The average molecular weight is 1040 g/mol. The van der Waals surface area contributed by atoms with Gasteiger partial charge in [0, 0.05) is 45.2 Å². The minimum Gasteiger partial charge on any atom is -0.468 e. The van der Waals surface area contributed by atoms with Crippen molar-refractivity contribution in [2.75, 3.05) is 14.7 Å². The van der Waals surface area contributed by atoms with Crippen molar-refractivity contribution in [1.29, 1.82) is 0 Å². The van der Waals surface area contributed by atoms with E-state index in [1.54, 1.807) is 0 Å².